The highest BCUT2D eigenvalue weighted by molar-refractivity contribution is 6.04. The van der Waals surface area contributed by atoms with E-state index >= 15 is 0 Å². The molecule has 5 rings (SSSR count). The maximum absolute atomic E-state index is 13.6. The number of rotatable bonds is 6. The molecule has 1 aliphatic carbocycles. The van der Waals surface area contributed by atoms with Gasteiger partial charge in [0.05, 0.1) is 24.3 Å². The Morgan fingerprint density at radius 2 is 1.87 bits per heavy atom. The minimum Gasteiger partial charge on any atom is -0.733 e. The van der Waals surface area contributed by atoms with Crippen molar-refractivity contribution in [1.29, 1.82) is 0 Å². The third-order valence-corrected chi connectivity index (χ3v) is 7.03. The summed E-state index contributed by atoms with van der Waals surface area (Å²) in [4.78, 5) is 27.2. The second kappa shape index (κ2) is 9.70. The van der Waals surface area contributed by atoms with Crippen LogP contribution in [0.25, 0.3) is 0 Å². The highest BCUT2D eigenvalue weighted by Crippen LogP contribution is 2.51. The van der Waals surface area contributed by atoms with Gasteiger partial charge in [0.15, 0.2) is 17.3 Å². The molecule has 0 fully saturated rings. The fraction of sp³-hybridized carbons (Fsp3) is 0.357. The molecule has 38 heavy (non-hydrogen) atoms. The minimum absolute atomic E-state index is 0.0130. The number of esters is 1. The van der Waals surface area contributed by atoms with E-state index in [1.807, 2.05) is 13.8 Å². The molecule has 2 N–H and O–H groups in total. The fourth-order valence-corrected chi connectivity index (χ4v) is 5.31. The van der Waals surface area contributed by atoms with Gasteiger partial charge in [-0.3, -0.25) is 10.0 Å². The lowest BCUT2D eigenvalue weighted by Gasteiger charge is -2.40. The molecule has 10 heteroatoms. The summed E-state index contributed by atoms with van der Waals surface area (Å²) in [6, 6.07) is 9.99. The van der Waals surface area contributed by atoms with Crippen molar-refractivity contribution in [3.8, 4) is 17.2 Å². The smallest absolute Gasteiger partial charge is 0.337 e. The van der Waals surface area contributed by atoms with Gasteiger partial charge in [0.25, 0.3) is 0 Å². The largest absolute Gasteiger partial charge is 0.733 e. The molecule has 10 nitrogen and oxygen atoms in total. The number of benzene rings is 2. The number of nitrogens with one attached hydrogen (secondary N) is 1. The zero-order valence-electron chi connectivity index (χ0n) is 21.6. The molecule has 0 aromatic heterocycles. The predicted molar refractivity (Wildman–Crippen MR) is 137 cm³/mol. The lowest BCUT2D eigenvalue weighted by atomic mass is 9.68. The number of dihydropyridines is 1. The number of allylic oxidation sites excluding steroid dienone is 3. The van der Waals surface area contributed by atoms with E-state index in [-0.39, 0.29) is 58.8 Å². The third-order valence-electron chi connectivity index (χ3n) is 7.03. The molecule has 3 aliphatic rings. The van der Waals surface area contributed by atoms with Gasteiger partial charge < -0.3 is 34.7 Å². The summed E-state index contributed by atoms with van der Waals surface area (Å²) < 4.78 is 21.8. The number of Topliss-reactive ketones (excluding diaryl/α,β-unsaturated/α-hetero) is 1. The third kappa shape index (κ3) is 4.68. The van der Waals surface area contributed by atoms with E-state index in [0.717, 1.165) is 5.56 Å². The Kier molecular flexibility index (Phi) is 6.54. The molecule has 0 saturated carbocycles. The second-order valence-corrected chi connectivity index (χ2v) is 10.4. The standard InChI is InChI=1S/C28H29N2O8/c1-15-24(27(32)36-13-16-5-7-17(35-4)8-6-16)25(26-19(29-15)11-28(2,3)12-21(26)31)18-9-22-23(38-14-37-22)10-20(18)30(33)34/h5-10,25,29,33H,11-14H2,1-4H3/q-1. The Balaban J connectivity index is 1.59. The highest BCUT2D eigenvalue weighted by atomic mass is 16.8. The average Bonchev–Trinajstić information content (AvgIpc) is 3.33. The van der Waals surface area contributed by atoms with Crippen LogP contribution in [0.1, 0.15) is 50.7 Å². The quantitative estimate of drug-likeness (QED) is 0.415. The van der Waals surface area contributed by atoms with Crippen molar-refractivity contribution in [3.05, 3.63) is 75.3 Å². The summed E-state index contributed by atoms with van der Waals surface area (Å²) in [5.74, 6) is -0.471. The van der Waals surface area contributed by atoms with Gasteiger partial charge in [-0.25, -0.2) is 4.79 Å². The lowest BCUT2D eigenvalue weighted by Crippen LogP contribution is -2.39. The monoisotopic (exact) mass is 521 g/mol. The molecule has 1 unspecified atom stereocenters. The van der Waals surface area contributed by atoms with Crippen LogP contribution in [-0.2, 0) is 20.9 Å². The summed E-state index contributed by atoms with van der Waals surface area (Å²) in [5, 5.41) is 25.3. The lowest BCUT2D eigenvalue weighted by molar-refractivity contribution is -0.140. The number of nitrogens with zero attached hydrogens (tertiary/aromatic N) is 1. The van der Waals surface area contributed by atoms with Crippen LogP contribution in [0.15, 0.2) is 58.9 Å². The van der Waals surface area contributed by atoms with E-state index in [2.05, 4.69) is 5.32 Å². The van der Waals surface area contributed by atoms with Gasteiger partial charge in [0.2, 0.25) is 6.79 Å². The molecule has 0 radical (unpaired) electrons. The van der Waals surface area contributed by atoms with Gasteiger partial charge in [-0.05, 0) is 48.1 Å². The summed E-state index contributed by atoms with van der Waals surface area (Å²) in [7, 11) is 1.57. The SMILES string of the molecule is COc1ccc(COC(=O)C2=C(C)NC3=C(C(=O)CC(C)(C)C3)C2c2cc3c(cc2N([O-])O)OCO3)cc1. The Labute approximate surface area is 220 Å². The Morgan fingerprint density at radius 3 is 2.53 bits per heavy atom. The van der Waals surface area contributed by atoms with Gasteiger partial charge in [0, 0.05) is 29.5 Å². The summed E-state index contributed by atoms with van der Waals surface area (Å²) in [6.45, 7) is 5.67. The molecular weight excluding hydrogens is 492 g/mol. The minimum atomic E-state index is -0.966. The molecule has 0 bridgehead atoms. The molecule has 0 saturated heterocycles. The van der Waals surface area contributed by atoms with Crippen molar-refractivity contribution in [2.75, 3.05) is 19.1 Å². The van der Waals surface area contributed by atoms with Crippen molar-refractivity contribution >= 4 is 17.4 Å². The van der Waals surface area contributed by atoms with Crippen LogP contribution >= 0.6 is 0 Å². The molecule has 200 valence electrons. The molecule has 2 aromatic rings. The van der Waals surface area contributed by atoms with Gasteiger partial charge >= 0.3 is 5.97 Å². The first-order valence-electron chi connectivity index (χ1n) is 12.2. The van der Waals surface area contributed by atoms with Gasteiger partial charge in [-0.2, -0.15) is 0 Å². The number of carbonyl (C=O) groups is 2. The van der Waals surface area contributed by atoms with Crippen LogP contribution < -0.4 is 24.8 Å². The van der Waals surface area contributed by atoms with Crippen molar-refractivity contribution in [2.24, 2.45) is 5.41 Å². The molecule has 0 spiro atoms. The van der Waals surface area contributed by atoms with E-state index in [9.17, 15) is 20.0 Å². The van der Waals surface area contributed by atoms with Crippen LogP contribution in [0.3, 0.4) is 0 Å². The average molecular weight is 522 g/mol. The van der Waals surface area contributed by atoms with E-state index in [0.29, 0.717) is 34.9 Å². The maximum Gasteiger partial charge on any atom is 0.337 e. The van der Waals surface area contributed by atoms with Crippen LogP contribution in [0.4, 0.5) is 5.69 Å². The number of hydrogen-bond donors (Lipinski definition) is 2. The van der Waals surface area contributed by atoms with E-state index < -0.39 is 11.9 Å². The zero-order valence-corrected chi connectivity index (χ0v) is 21.6. The first-order valence-corrected chi connectivity index (χ1v) is 12.2. The molecule has 2 aromatic carbocycles. The van der Waals surface area contributed by atoms with Crippen LogP contribution in [0.2, 0.25) is 0 Å². The van der Waals surface area contributed by atoms with Crippen molar-refractivity contribution in [3.63, 3.8) is 0 Å². The first-order chi connectivity index (χ1) is 18.1. The van der Waals surface area contributed by atoms with E-state index in [4.69, 9.17) is 18.9 Å². The summed E-state index contributed by atoms with van der Waals surface area (Å²) in [5.41, 5.74) is 2.26. The van der Waals surface area contributed by atoms with Crippen LogP contribution in [0.5, 0.6) is 17.2 Å². The summed E-state index contributed by atoms with van der Waals surface area (Å²) >= 11 is 0. The molecule has 0 amide bonds. The number of methoxy groups -OCH3 is 1. The van der Waals surface area contributed by atoms with Crippen LogP contribution in [-0.4, -0.2) is 30.9 Å². The predicted octanol–water partition coefficient (Wildman–Crippen LogP) is 4.46. The fourth-order valence-electron chi connectivity index (χ4n) is 5.31. The number of carbonyl (C=O) groups excluding carboxylic acids is 2. The normalized spacial score (nSPS) is 19.6. The Bertz CT molecular complexity index is 1360. The Hall–Kier alpha value is -4.02. The summed E-state index contributed by atoms with van der Waals surface area (Å²) in [6.07, 6.45) is 0.827. The topological polar surface area (TPSA) is 130 Å². The molecule has 1 atom stereocenters. The number of anilines is 1. The molecule has 2 heterocycles. The van der Waals surface area contributed by atoms with E-state index in [1.54, 1.807) is 38.3 Å². The van der Waals surface area contributed by atoms with Crippen LogP contribution in [0, 0.1) is 10.6 Å². The number of ketones is 1. The number of hydrogen-bond acceptors (Lipinski definition) is 10. The molecule has 2 aliphatic heterocycles. The zero-order chi connectivity index (χ0) is 27.2. The van der Waals surface area contributed by atoms with Gasteiger partial charge in [-0.1, -0.05) is 26.0 Å². The van der Waals surface area contributed by atoms with Crippen molar-refractivity contribution in [2.45, 2.75) is 46.1 Å². The van der Waals surface area contributed by atoms with Gasteiger partial charge in [-0.15, -0.1) is 0 Å². The second-order valence-electron chi connectivity index (χ2n) is 10.4. The molecular formula is C28H29N2O8-. The highest BCUT2D eigenvalue weighted by Gasteiger charge is 2.44. The number of fused-ring (bicyclic) bond motifs is 1. The number of ether oxygens (including phenoxy) is 4. The first kappa shape index (κ1) is 25.6. The van der Waals surface area contributed by atoms with Gasteiger partial charge in [0.1, 0.15) is 12.4 Å². The maximum atomic E-state index is 13.6. The van der Waals surface area contributed by atoms with E-state index in [1.165, 1.54) is 12.1 Å². The Morgan fingerprint density at radius 1 is 1.18 bits per heavy atom. The van der Waals surface area contributed by atoms with Crippen molar-refractivity contribution < 1.29 is 33.7 Å². The van der Waals surface area contributed by atoms with Crippen molar-refractivity contribution in [1.82, 2.24) is 5.32 Å².